The van der Waals surface area contributed by atoms with E-state index in [-0.39, 0.29) is 12.5 Å². The van der Waals surface area contributed by atoms with Crippen molar-refractivity contribution in [2.45, 2.75) is 31.5 Å². The smallest absolute Gasteiger partial charge is 0.298 e. The van der Waals surface area contributed by atoms with Crippen molar-refractivity contribution in [3.8, 4) is 5.75 Å². The van der Waals surface area contributed by atoms with E-state index < -0.39 is 11.7 Å². The number of H-pyrrole nitrogens is 1. The number of aryl methyl sites for hydroxylation is 1. The highest BCUT2D eigenvalue weighted by atomic mass is 32.2. The lowest BCUT2D eigenvalue weighted by Gasteiger charge is -2.11. The number of benzene rings is 2. The number of amides is 2. The van der Waals surface area contributed by atoms with Gasteiger partial charge in [-0.05, 0) is 30.7 Å². The second-order valence-corrected chi connectivity index (χ2v) is 9.49. The second kappa shape index (κ2) is 9.90. The molecule has 10 heteroatoms. The number of thioether (sulfide) groups is 1. The number of ether oxygens (including phenoxy) is 1. The Hall–Kier alpha value is -4.05. The molecule has 2 aromatic carbocycles. The van der Waals surface area contributed by atoms with Gasteiger partial charge in [0.25, 0.3) is 11.7 Å². The molecule has 0 saturated carbocycles. The van der Waals surface area contributed by atoms with Gasteiger partial charge in [0.2, 0.25) is 5.91 Å². The SMILES string of the molecule is COc1ccc(CNC(=O)Cn2nc3c(c2NC(=O)C(=O)c2c(C)[nH]c4ccccc24)CSC3)cc1. The molecule has 0 fully saturated rings. The first-order valence-electron chi connectivity index (χ1n) is 11.4. The second-order valence-electron chi connectivity index (χ2n) is 8.50. The Balaban J connectivity index is 1.32. The number of Topliss-reactive ketones (excluding diaryl/α,β-unsaturated/α-hetero) is 1. The Morgan fingerprint density at radius 3 is 2.67 bits per heavy atom. The fourth-order valence-corrected chi connectivity index (χ4v) is 5.34. The van der Waals surface area contributed by atoms with Crippen LogP contribution in [0.15, 0.2) is 48.5 Å². The van der Waals surface area contributed by atoms with Crippen LogP contribution in [0.25, 0.3) is 10.9 Å². The number of carbonyl (C=O) groups is 3. The molecule has 0 bridgehead atoms. The molecule has 4 aromatic rings. The van der Waals surface area contributed by atoms with Crippen LogP contribution in [0.2, 0.25) is 0 Å². The van der Waals surface area contributed by atoms with Crippen LogP contribution >= 0.6 is 11.8 Å². The molecule has 0 radical (unpaired) electrons. The molecular weight excluding hydrogens is 478 g/mol. The van der Waals surface area contributed by atoms with Crippen molar-refractivity contribution < 1.29 is 19.1 Å². The summed E-state index contributed by atoms with van der Waals surface area (Å²) in [6.45, 7) is 2.04. The van der Waals surface area contributed by atoms with Gasteiger partial charge in [-0.15, -0.1) is 0 Å². The molecule has 184 valence electrons. The number of hydrogen-bond acceptors (Lipinski definition) is 6. The molecular formula is C26H25N5O4S. The van der Waals surface area contributed by atoms with Crippen molar-refractivity contribution in [1.82, 2.24) is 20.1 Å². The van der Waals surface area contributed by atoms with E-state index in [1.54, 1.807) is 25.8 Å². The Morgan fingerprint density at radius 2 is 1.89 bits per heavy atom. The summed E-state index contributed by atoms with van der Waals surface area (Å²) in [4.78, 5) is 42.1. The number of methoxy groups -OCH3 is 1. The number of aromatic nitrogens is 3. The first-order valence-corrected chi connectivity index (χ1v) is 12.6. The van der Waals surface area contributed by atoms with Crippen molar-refractivity contribution in [1.29, 1.82) is 0 Å². The van der Waals surface area contributed by atoms with Crippen molar-refractivity contribution in [3.05, 3.63) is 76.6 Å². The number of fused-ring (bicyclic) bond motifs is 2. The highest BCUT2D eigenvalue weighted by molar-refractivity contribution is 7.98. The average Bonchev–Trinajstić information content (AvgIpc) is 3.56. The van der Waals surface area contributed by atoms with Gasteiger partial charge in [-0.2, -0.15) is 16.9 Å². The number of para-hydroxylation sites is 1. The van der Waals surface area contributed by atoms with Crippen LogP contribution in [0.4, 0.5) is 5.82 Å². The zero-order valence-electron chi connectivity index (χ0n) is 19.9. The van der Waals surface area contributed by atoms with E-state index in [9.17, 15) is 14.4 Å². The maximum absolute atomic E-state index is 13.2. The third kappa shape index (κ3) is 4.59. The van der Waals surface area contributed by atoms with E-state index in [2.05, 4.69) is 20.7 Å². The van der Waals surface area contributed by atoms with E-state index in [0.717, 1.165) is 28.1 Å². The molecule has 0 atom stereocenters. The predicted molar refractivity (Wildman–Crippen MR) is 138 cm³/mol. The lowest BCUT2D eigenvalue weighted by atomic mass is 10.1. The lowest BCUT2D eigenvalue weighted by molar-refractivity contribution is -0.122. The standard InChI is InChI=1S/C26H25N5O4S/c1-15-23(18-5-3-4-6-20(18)28-15)24(33)26(34)29-25-19-13-36-14-21(19)30-31(25)12-22(32)27-11-16-7-9-17(35-2)10-8-16/h3-10,28H,11-14H2,1-2H3,(H,27,32)(H,29,34). The van der Waals surface area contributed by atoms with Crippen LogP contribution in [-0.2, 0) is 34.2 Å². The number of ketones is 1. The third-order valence-electron chi connectivity index (χ3n) is 6.12. The van der Waals surface area contributed by atoms with E-state index >= 15 is 0 Å². The highest BCUT2D eigenvalue weighted by Gasteiger charge is 2.28. The minimum atomic E-state index is -0.762. The van der Waals surface area contributed by atoms with Crippen molar-refractivity contribution in [3.63, 3.8) is 0 Å². The minimum Gasteiger partial charge on any atom is -0.497 e. The molecule has 0 aliphatic carbocycles. The summed E-state index contributed by atoms with van der Waals surface area (Å²) < 4.78 is 6.63. The van der Waals surface area contributed by atoms with Gasteiger partial charge >= 0.3 is 0 Å². The van der Waals surface area contributed by atoms with E-state index in [1.165, 1.54) is 4.68 Å². The van der Waals surface area contributed by atoms with Crippen LogP contribution in [0.1, 0.15) is 32.9 Å². The zero-order chi connectivity index (χ0) is 25.2. The molecule has 3 N–H and O–H groups in total. The Bertz CT molecular complexity index is 1470. The van der Waals surface area contributed by atoms with Crippen LogP contribution in [0.5, 0.6) is 5.75 Å². The molecule has 5 rings (SSSR count). The molecule has 2 amide bonds. The van der Waals surface area contributed by atoms with Gasteiger partial charge in [-0.1, -0.05) is 30.3 Å². The maximum atomic E-state index is 13.2. The molecule has 9 nitrogen and oxygen atoms in total. The normalized spacial score (nSPS) is 12.4. The third-order valence-corrected chi connectivity index (χ3v) is 7.09. The molecule has 2 aromatic heterocycles. The number of hydrogen-bond donors (Lipinski definition) is 3. The summed E-state index contributed by atoms with van der Waals surface area (Å²) in [5.74, 6) is 0.821. The van der Waals surface area contributed by atoms with E-state index in [4.69, 9.17) is 4.74 Å². The van der Waals surface area contributed by atoms with Gasteiger partial charge in [0, 0.05) is 40.2 Å². The number of nitrogens with zero attached hydrogens (tertiary/aromatic N) is 2. The van der Waals surface area contributed by atoms with Crippen molar-refractivity contribution in [2.75, 3.05) is 12.4 Å². The van der Waals surface area contributed by atoms with Gasteiger partial charge in [0.05, 0.1) is 18.4 Å². The maximum Gasteiger partial charge on any atom is 0.298 e. The van der Waals surface area contributed by atoms with Crippen LogP contribution < -0.4 is 15.4 Å². The van der Waals surface area contributed by atoms with Gasteiger partial charge in [-0.3, -0.25) is 14.4 Å². The highest BCUT2D eigenvalue weighted by Crippen LogP contribution is 2.35. The van der Waals surface area contributed by atoms with Gasteiger partial charge < -0.3 is 20.4 Å². The number of anilines is 1. The van der Waals surface area contributed by atoms with Crippen LogP contribution in [-0.4, -0.2) is 39.5 Å². The number of aromatic amines is 1. The largest absolute Gasteiger partial charge is 0.497 e. The summed E-state index contributed by atoms with van der Waals surface area (Å²) in [6.07, 6.45) is 0. The quantitative estimate of drug-likeness (QED) is 0.250. The number of rotatable bonds is 8. The summed E-state index contributed by atoms with van der Waals surface area (Å²) in [5, 5.41) is 10.9. The minimum absolute atomic E-state index is 0.0796. The zero-order valence-corrected chi connectivity index (χ0v) is 20.7. The molecule has 0 spiro atoms. The van der Waals surface area contributed by atoms with E-state index in [0.29, 0.717) is 40.5 Å². The summed E-state index contributed by atoms with van der Waals surface area (Å²) in [5.41, 5.74) is 4.36. The first kappa shape index (κ1) is 23.7. The molecule has 0 unspecified atom stereocenters. The monoisotopic (exact) mass is 503 g/mol. The Labute approximate surface area is 211 Å². The molecule has 1 aliphatic heterocycles. The van der Waals surface area contributed by atoms with Gasteiger partial charge in [0.15, 0.2) is 0 Å². The van der Waals surface area contributed by atoms with Crippen molar-refractivity contribution >= 4 is 46.1 Å². The Morgan fingerprint density at radius 1 is 1.11 bits per heavy atom. The summed E-state index contributed by atoms with van der Waals surface area (Å²) >= 11 is 1.67. The van der Waals surface area contributed by atoms with Crippen molar-refractivity contribution in [2.24, 2.45) is 0 Å². The molecule has 0 saturated heterocycles. The number of carbonyl (C=O) groups excluding carboxylic acids is 3. The van der Waals surface area contributed by atoms with Gasteiger partial charge in [-0.25, -0.2) is 4.68 Å². The fraction of sp³-hybridized carbons (Fsp3) is 0.231. The average molecular weight is 504 g/mol. The fourth-order valence-electron chi connectivity index (χ4n) is 4.30. The number of nitrogens with one attached hydrogen (secondary N) is 3. The molecule has 3 heterocycles. The topological polar surface area (TPSA) is 118 Å². The lowest BCUT2D eigenvalue weighted by Crippen LogP contribution is -2.30. The predicted octanol–water partition coefficient (Wildman–Crippen LogP) is 3.57. The van der Waals surface area contributed by atoms with Gasteiger partial charge in [0.1, 0.15) is 18.1 Å². The Kier molecular flexibility index (Phi) is 6.51. The first-order chi connectivity index (χ1) is 17.4. The van der Waals surface area contributed by atoms with Crippen LogP contribution in [0.3, 0.4) is 0 Å². The van der Waals surface area contributed by atoms with E-state index in [1.807, 2.05) is 48.5 Å². The summed E-state index contributed by atoms with van der Waals surface area (Å²) in [6, 6.07) is 14.8. The molecule has 1 aliphatic rings. The van der Waals surface area contributed by atoms with Crippen LogP contribution in [0, 0.1) is 6.92 Å². The molecule has 36 heavy (non-hydrogen) atoms. The summed E-state index contributed by atoms with van der Waals surface area (Å²) in [7, 11) is 1.60.